The van der Waals surface area contributed by atoms with Crippen LogP contribution in [-0.2, 0) is 9.59 Å². The third-order valence-corrected chi connectivity index (χ3v) is 4.90. The van der Waals surface area contributed by atoms with Crippen molar-refractivity contribution in [3.8, 4) is 18.1 Å². The summed E-state index contributed by atoms with van der Waals surface area (Å²) in [6.07, 6.45) is 6.60. The highest BCUT2D eigenvalue weighted by Crippen LogP contribution is 2.26. The first-order valence-corrected chi connectivity index (χ1v) is 9.43. The quantitative estimate of drug-likeness (QED) is 0.228. The second kappa shape index (κ2) is 8.50. The number of carbonyl (C=O) groups excluding carboxylic acids is 2. The normalized spacial score (nSPS) is 15.4. The third kappa shape index (κ3) is 4.05. The predicted molar refractivity (Wildman–Crippen MR) is 116 cm³/mol. The van der Waals surface area contributed by atoms with Crippen molar-refractivity contribution in [3.63, 3.8) is 0 Å². The molecule has 1 heterocycles. The highest BCUT2D eigenvalue weighted by molar-refractivity contribution is 14.1. The van der Waals surface area contributed by atoms with Gasteiger partial charge in [0.15, 0.2) is 5.11 Å². The van der Waals surface area contributed by atoms with E-state index >= 15 is 0 Å². The van der Waals surface area contributed by atoms with Crippen molar-refractivity contribution in [1.82, 2.24) is 5.32 Å². The minimum atomic E-state index is -0.707. The molecule has 5 nitrogen and oxygen atoms in total. The SMILES string of the molecule is C#CCOc1ccc(/C=C2\C(=O)NC(=S)N(c3ccccc3F)C2=O)cc1I. The smallest absolute Gasteiger partial charge is 0.270 e. The van der Waals surface area contributed by atoms with Gasteiger partial charge in [-0.15, -0.1) is 6.42 Å². The van der Waals surface area contributed by atoms with E-state index in [2.05, 4.69) is 33.8 Å². The lowest BCUT2D eigenvalue weighted by atomic mass is 10.1. The number of rotatable bonds is 4. The Kier molecular flexibility index (Phi) is 6.06. The van der Waals surface area contributed by atoms with Crippen LogP contribution in [0, 0.1) is 21.7 Å². The number of nitrogens with zero attached hydrogens (tertiary/aromatic N) is 1. The Morgan fingerprint density at radius 2 is 2.04 bits per heavy atom. The van der Waals surface area contributed by atoms with E-state index in [4.69, 9.17) is 23.4 Å². The first kappa shape index (κ1) is 20.0. The maximum Gasteiger partial charge on any atom is 0.270 e. The zero-order valence-electron chi connectivity index (χ0n) is 14.2. The minimum Gasteiger partial charge on any atom is -0.480 e. The molecule has 0 spiro atoms. The number of halogens is 2. The number of hydrogen-bond acceptors (Lipinski definition) is 4. The number of terminal acetylenes is 1. The highest BCUT2D eigenvalue weighted by Gasteiger charge is 2.35. The van der Waals surface area contributed by atoms with Crippen molar-refractivity contribution >= 4 is 63.5 Å². The molecule has 1 saturated heterocycles. The lowest BCUT2D eigenvalue weighted by molar-refractivity contribution is -0.122. The molecule has 0 atom stereocenters. The van der Waals surface area contributed by atoms with Crippen molar-refractivity contribution in [2.24, 2.45) is 0 Å². The van der Waals surface area contributed by atoms with Crippen molar-refractivity contribution in [2.45, 2.75) is 0 Å². The molecule has 1 aliphatic heterocycles. The minimum absolute atomic E-state index is 0.0315. The number of benzene rings is 2. The first-order chi connectivity index (χ1) is 13.4. The first-order valence-electron chi connectivity index (χ1n) is 7.94. The van der Waals surface area contributed by atoms with E-state index in [0.29, 0.717) is 11.3 Å². The van der Waals surface area contributed by atoms with Crippen LogP contribution >= 0.6 is 34.8 Å². The van der Waals surface area contributed by atoms with Crippen LogP contribution < -0.4 is 15.0 Å². The van der Waals surface area contributed by atoms with Crippen molar-refractivity contribution in [2.75, 3.05) is 11.5 Å². The number of anilines is 1. The monoisotopic (exact) mass is 506 g/mol. The van der Waals surface area contributed by atoms with E-state index in [-0.39, 0.29) is 23.0 Å². The van der Waals surface area contributed by atoms with Crippen LogP contribution in [0.5, 0.6) is 5.75 Å². The standard InChI is InChI=1S/C20H12FIN2O3S/c1-2-9-27-17-8-7-12(11-15(17)22)10-13-18(25)23-20(28)24(19(13)26)16-6-4-3-5-14(16)21/h1,3-8,10-11H,9H2,(H,23,25,28)/b13-10+. The number of ether oxygens (including phenoxy) is 1. The van der Waals surface area contributed by atoms with E-state index in [9.17, 15) is 14.0 Å². The summed E-state index contributed by atoms with van der Waals surface area (Å²) in [7, 11) is 0. The van der Waals surface area contributed by atoms with Gasteiger partial charge in [0.1, 0.15) is 23.7 Å². The van der Waals surface area contributed by atoms with Gasteiger partial charge in [-0.05, 0) is 70.7 Å². The van der Waals surface area contributed by atoms with Crippen LogP contribution in [0.3, 0.4) is 0 Å². The molecule has 0 unspecified atom stereocenters. The van der Waals surface area contributed by atoms with Crippen LogP contribution in [0.25, 0.3) is 6.08 Å². The molecule has 0 radical (unpaired) electrons. The van der Waals surface area contributed by atoms with Gasteiger partial charge in [-0.3, -0.25) is 14.9 Å². The van der Waals surface area contributed by atoms with Gasteiger partial charge in [0.05, 0.1) is 9.26 Å². The summed E-state index contributed by atoms with van der Waals surface area (Å²) < 4.78 is 20.3. The van der Waals surface area contributed by atoms with Gasteiger partial charge >= 0.3 is 0 Å². The number of amides is 2. The van der Waals surface area contributed by atoms with Gasteiger partial charge in [0.25, 0.3) is 11.8 Å². The lowest BCUT2D eigenvalue weighted by Gasteiger charge is -2.29. The number of nitrogens with one attached hydrogen (secondary N) is 1. The molecule has 1 fully saturated rings. The van der Waals surface area contributed by atoms with Crippen molar-refractivity contribution in [1.29, 1.82) is 0 Å². The maximum absolute atomic E-state index is 14.2. The average molecular weight is 506 g/mol. The Morgan fingerprint density at radius 3 is 2.71 bits per heavy atom. The van der Waals surface area contributed by atoms with Crippen molar-refractivity contribution < 1.29 is 18.7 Å². The fourth-order valence-electron chi connectivity index (χ4n) is 2.52. The molecule has 3 rings (SSSR count). The van der Waals surface area contributed by atoms with Gasteiger partial charge in [-0.1, -0.05) is 24.1 Å². The second-order valence-corrected chi connectivity index (χ2v) is 7.14. The molecule has 0 saturated carbocycles. The summed E-state index contributed by atoms with van der Waals surface area (Å²) in [6.45, 7) is 0.131. The highest BCUT2D eigenvalue weighted by atomic mass is 127. The molecule has 0 bridgehead atoms. The lowest BCUT2D eigenvalue weighted by Crippen LogP contribution is -2.54. The largest absolute Gasteiger partial charge is 0.480 e. The summed E-state index contributed by atoms with van der Waals surface area (Å²) in [5.74, 6) is 0.991. The van der Waals surface area contributed by atoms with Crippen LogP contribution in [0.2, 0.25) is 0 Å². The number of carbonyl (C=O) groups is 2. The zero-order valence-corrected chi connectivity index (χ0v) is 17.2. The van der Waals surface area contributed by atoms with Crippen molar-refractivity contribution in [3.05, 3.63) is 63.0 Å². The molecule has 28 heavy (non-hydrogen) atoms. The number of para-hydroxylation sites is 1. The molecule has 0 aromatic heterocycles. The summed E-state index contributed by atoms with van der Waals surface area (Å²) in [4.78, 5) is 26.2. The summed E-state index contributed by atoms with van der Waals surface area (Å²) in [5, 5.41) is 2.25. The van der Waals surface area contributed by atoms with E-state index < -0.39 is 17.6 Å². The molecule has 0 aliphatic carbocycles. The van der Waals surface area contributed by atoms with Gasteiger partial charge in [-0.2, -0.15) is 0 Å². The number of thiocarbonyl (C=S) groups is 1. The fourth-order valence-corrected chi connectivity index (χ4v) is 3.49. The van der Waals surface area contributed by atoms with Gasteiger partial charge in [0, 0.05) is 0 Å². The average Bonchev–Trinajstić information content (AvgIpc) is 2.66. The Bertz CT molecular complexity index is 1060. The molecule has 2 amide bonds. The van der Waals surface area contributed by atoms with E-state index in [1.807, 2.05) is 0 Å². The maximum atomic E-state index is 14.2. The van der Waals surface area contributed by atoms with Crippen LogP contribution in [0.4, 0.5) is 10.1 Å². The van der Waals surface area contributed by atoms with E-state index in [0.717, 1.165) is 8.47 Å². The molecule has 140 valence electrons. The van der Waals surface area contributed by atoms with E-state index in [1.54, 1.807) is 24.3 Å². The molecule has 8 heteroatoms. The van der Waals surface area contributed by atoms with Gasteiger partial charge in [0.2, 0.25) is 0 Å². The Labute approximate surface area is 179 Å². The zero-order chi connectivity index (χ0) is 20.3. The Morgan fingerprint density at radius 1 is 1.29 bits per heavy atom. The molecule has 1 aliphatic rings. The van der Waals surface area contributed by atoms with Crippen LogP contribution in [0.1, 0.15) is 5.56 Å². The summed E-state index contributed by atoms with van der Waals surface area (Å²) >= 11 is 7.13. The van der Waals surface area contributed by atoms with E-state index in [1.165, 1.54) is 24.3 Å². The molecule has 2 aromatic rings. The summed E-state index contributed by atoms with van der Waals surface area (Å²) in [5.41, 5.74) is 0.401. The fraction of sp³-hybridized carbons (Fsp3) is 0.0500. The molecular weight excluding hydrogens is 494 g/mol. The predicted octanol–water partition coefficient (Wildman–Crippen LogP) is 3.27. The van der Waals surface area contributed by atoms with Crippen LogP contribution in [-0.4, -0.2) is 23.5 Å². The summed E-state index contributed by atoms with van der Waals surface area (Å²) in [6, 6.07) is 10.8. The van der Waals surface area contributed by atoms with Crippen LogP contribution in [0.15, 0.2) is 48.0 Å². The molecule has 2 aromatic carbocycles. The van der Waals surface area contributed by atoms with Gasteiger partial charge < -0.3 is 4.74 Å². The topological polar surface area (TPSA) is 58.6 Å². The Hall–Kier alpha value is -2.77. The molecule has 1 N–H and O–H groups in total. The molecular formula is C20H12FIN2O3S. The third-order valence-electron chi connectivity index (χ3n) is 3.77. The second-order valence-electron chi connectivity index (χ2n) is 5.59. The Balaban J connectivity index is 1.97. The van der Waals surface area contributed by atoms with Gasteiger partial charge in [-0.25, -0.2) is 9.29 Å². The number of hydrogen-bond donors (Lipinski definition) is 1.